The van der Waals surface area contributed by atoms with Crippen LogP contribution in [0.3, 0.4) is 0 Å². The first-order valence-corrected chi connectivity index (χ1v) is 27.1. The number of carbonyl (C=O) groups is 1. The molecule has 62 heavy (non-hydrogen) atoms. The molecule has 0 aliphatic carbocycles. The van der Waals surface area contributed by atoms with Gasteiger partial charge < -0.3 is 28.8 Å². The van der Waals surface area contributed by atoms with Crippen molar-refractivity contribution in [1.29, 1.82) is 0 Å². The van der Waals surface area contributed by atoms with Gasteiger partial charge in [-0.25, -0.2) is 0 Å². The number of carbonyl (C=O) groups excluding carboxylic acids is 1. The maximum atomic E-state index is 12.9. The second-order valence-electron chi connectivity index (χ2n) is 18.5. The Hall–Kier alpha value is -1.80. The maximum Gasteiger partial charge on any atom is 0.268 e. The highest BCUT2D eigenvalue weighted by molar-refractivity contribution is 7.45. The van der Waals surface area contributed by atoms with Crippen LogP contribution < -0.4 is 10.2 Å². The molecule has 0 aliphatic heterocycles. The monoisotopic (exact) mass is 891 g/mol. The molecule has 0 saturated carbocycles. The summed E-state index contributed by atoms with van der Waals surface area (Å²) in [5, 5.41) is 13.8. The van der Waals surface area contributed by atoms with Gasteiger partial charge in [0.15, 0.2) is 0 Å². The molecule has 0 fully saturated rings. The molecule has 0 bridgehead atoms. The summed E-state index contributed by atoms with van der Waals surface area (Å²) in [6.07, 6.45) is 58.6. The molecule has 0 saturated heterocycles. The molecule has 0 aromatic heterocycles. The number of hydrogen-bond donors (Lipinski definition) is 2. The molecule has 3 unspecified atom stereocenters. The number of nitrogens with zero attached hydrogens (tertiary/aromatic N) is 1. The van der Waals surface area contributed by atoms with Gasteiger partial charge in [0.2, 0.25) is 5.91 Å². The molecular formula is C53H99N2O6P. The fourth-order valence-corrected chi connectivity index (χ4v) is 7.93. The van der Waals surface area contributed by atoms with E-state index in [0.717, 1.165) is 64.2 Å². The van der Waals surface area contributed by atoms with E-state index in [-0.39, 0.29) is 19.1 Å². The number of phosphoric ester groups is 1. The predicted molar refractivity (Wildman–Crippen MR) is 265 cm³/mol. The van der Waals surface area contributed by atoms with Crippen LogP contribution in [0, 0.1) is 0 Å². The molecule has 9 heteroatoms. The van der Waals surface area contributed by atoms with E-state index in [0.29, 0.717) is 17.4 Å². The van der Waals surface area contributed by atoms with E-state index in [1.165, 1.54) is 135 Å². The number of likely N-dealkylation sites (N-methyl/N-ethyl adjacent to an activating group) is 1. The van der Waals surface area contributed by atoms with Crippen molar-refractivity contribution in [2.75, 3.05) is 40.9 Å². The van der Waals surface area contributed by atoms with E-state index in [2.05, 4.69) is 67.8 Å². The predicted octanol–water partition coefficient (Wildman–Crippen LogP) is 14.3. The highest BCUT2D eigenvalue weighted by Crippen LogP contribution is 2.38. The lowest BCUT2D eigenvalue weighted by Crippen LogP contribution is -2.45. The Balaban J connectivity index is 4.09. The van der Waals surface area contributed by atoms with E-state index in [1.807, 2.05) is 27.2 Å². The molecule has 0 heterocycles. The average molecular weight is 891 g/mol. The van der Waals surface area contributed by atoms with Gasteiger partial charge in [-0.2, -0.15) is 0 Å². The van der Waals surface area contributed by atoms with Crippen molar-refractivity contribution in [3.05, 3.63) is 60.8 Å². The SMILES string of the molecule is CC/C=C\C/C=C\C/C=C\C/C=C\CCCCCCCCCCCCCCCCCCC(=O)NC(COP(=O)([O-])OCC[N+](C)(C)C)C(O)/C=C/CCCCCCCCCCC. The zero-order valence-electron chi connectivity index (χ0n) is 41.1. The number of rotatable bonds is 46. The first-order valence-electron chi connectivity index (χ1n) is 25.7. The van der Waals surface area contributed by atoms with Gasteiger partial charge in [0.25, 0.3) is 7.82 Å². The molecule has 0 rings (SSSR count). The minimum Gasteiger partial charge on any atom is -0.756 e. The van der Waals surface area contributed by atoms with Crippen molar-refractivity contribution < 1.29 is 32.9 Å². The van der Waals surface area contributed by atoms with Crippen LogP contribution in [0.2, 0.25) is 0 Å². The number of quaternary nitrogens is 1. The van der Waals surface area contributed by atoms with E-state index < -0.39 is 20.0 Å². The van der Waals surface area contributed by atoms with Gasteiger partial charge >= 0.3 is 0 Å². The molecule has 8 nitrogen and oxygen atoms in total. The zero-order valence-corrected chi connectivity index (χ0v) is 42.0. The van der Waals surface area contributed by atoms with Crippen LogP contribution in [0.15, 0.2) is 60.8 Å². The Morgan fingerprint density at radius 3 is 1.44 bits per heavy atom. The number of amides is 1. The largest absolute Gasteiger partial charge is 0.756 e. The van der Waals surface area contributed by atoms with E-state index in [9.17, 15) is 19.4 Å². The van der Waals surface area contributed by atoms with Crippen molar-refractivity contribution in [2.45, 2.75) is 231 Å². The normalized spacial score (nSPS) is 14.6. The Morgan fingerprint density at radius 2 is 0.984 bits per heavy atom. The molecule has 362 valence electrons. The van der Waals surface area contributed by atoms with E-state index in [4.69, 9.17) is 9.05 Å². The topological polar surface area (TPSA) is 108 Å². The Morgan fingerprint density at radius 1 is 0.581 bits per heavy atom. The summed E-state index contributed by atoms with van der Waals surface area (Å²) in [4.78, 5) is 25.3. The summed E-state index contributed by atoms with van der Waals surface area (Å²) in [6.45, 7) is 4.52. The number of aliphatic hydroxyl groups is 1. The third kappa shape index (κ3) is 46.2. The molecule has 2 N–H and O–H groups in total. The number of allylic oxidation sites excluding steroid dienone is 9. The molecule has 0 spiro atoms. The quantitative estimate of drug-likeness (QED) is 0.0273. The van der Waals surface area contributed by atoms with Gasteiger partial charge in [-0.05, 0) is 57.8 Å². The Bertz CT molecular complexity index is 1190. The fourth-order valence-electron chi connectivity index (χ4n) is 7.20. The maximum absolute atomic E-state index is 12.9. The lowest BCUT2D eigenvalue weighted by atomic mass is 10.0. The number of hydrogen-bond acceptors (Lipinski definition) is 6. The summed E-state index contributed by atoms with van der Waals surface area (Å²) < 4.78 is 23.2. The molecule has 3 atom stereocenters. The molecule has 0 aromatic carbocycles. The van der Waals surface area contributed by atoms with Crippen LogP contribution in [-0.2, 0) is 18.4 Å². The van der Waals surface area contributed by atoms with Crippen LogP contribution in [0.1, 0.15) is 219 Å². The van der Waals surface area contributed by atoms with Gasteiger partial charge in [-0.1, -0.05) is 216 Å². The van der Waals surface area contributed by atoms with Crippen LogP contribution in [0.5, 0.6) is 0 Å². The van der Waals surface area contributed by atoms with Gasteiger partial charge in [-0.15, -0.1) is 0 Å². The summed E-state index contributed by atoms with van der Waals surface area (Å²) in [6, 6.07) is -0.886. The van der Waals surface area contributed by atoms with Crippen molar-refractivity contribution in [2.24, 2.45) is 0 Å². The number of aliphatic hydroxyl groups excluding tert-OH is 1. The number of nitrogens with one attached hydrogen (secondary N) is 1. The third-order valence-corrected chi connectivity index (χ3v) is 12.2. The first-order chi connectivity index (χ1) is 30.0. The highest BCUT2D eigenvalue weighted by Gasteiger charge is 2.23. The minimum absolute atomic E-state index is 0.00189. The molecule has 0 radical (unpaired) electrons. The first kappa shape index (κ1) is 60.2. The van der Waals surface area contributed by atoms with Crippen molar-refractivity contribution in [1.82, 2.24) is 5.32 Å². The standard InChI is InChI=1S/C53H99N2O6P/c1-6-8-10-12-14-16-18-19-20-21-22-23-24-25-26-27-28-29-30-31-32-33-34-35-37-39-41-43-45-47-53(57)54-51(50-61-62(58,59)60-49-48-55(3,4)5)52(56)46-44-42-40-38-36-17-15-13-11-9-7-2/h8,10,14,16,19-20,22-23,44,46,51-52,56H,6-7,9,11-13,15,17-18,21,24-43,45,47-50H2,1-5H3,(H-,54,57,58,59)/b10-8-,16-14-,20-19-,23-22-,46-44+. The van der Waals surface area contributed by atoms with Gasteiger partial charge in [0.05, 0.1) is 39.9 Å². The number of phosphoric acid groups is 1. The van der Waals surface area contributed by atoms with Crippen LogP contribution >= 0.6 is 7.82 Å². The fraction of sp³-hybridized carbons (Fsp3) is 0.792. The number of unbranched alkanes of at least 4 members (excludes halogenated alkanes) is 25. The summed E-state index contributed by atoms with van der Waals surface area (Å²) in [5.41, 5.74) is 0. The lowest BCUT2D eigenvalue weighted by Gasteiger charge is -2.29. The van der Waals surface area contributed by atoms with E-state index in [1.54, 1.807) is 6.08 Å². The average Bonchev–Trinajstić information content (AvgIpc) is 3.23. The molecule has 1 amide bonds. The summed E-state index contributed by atoms with van der Waals surface area (Å²) in [5.74, 6) is -0.200. The zero-order chi connectivity index (χ0) is 45.7. The minimum atomic E-state index is -4.59. The van der Waals surface area contributed by atoms with Crippen LogP contribution in [0.25, 0.3) is 0 Å². The second-order valence-corrected chi connectivity index (χ2v) is 19.9. The van der Waals surface area contributed by atoms with Crippen molar-refractivity contribution >= 4 is 13.7 Å². The third-order valence-electron chi connectivity index (χ3n) is 11.2. The smallest absolute Gasteiger partial charge is 0.268 e. The Labute approximate surface area is 383 Å². The lowest BCUT2D eigenvalue weighted by molar-refractivity contribution is -0.870. The van der Waals surface area contributed by atoms with Gasteiger partial charge in [-0.3, -0.25) is 9.36 Å². The summed E-state index contributed by atoms with van der Waals surface area (Å²) in [7, 11) is 1.26. The Kier molecular flexibility index (Phi) is 43.1. The second kappa shape index (κ2) is 44.4. The van der Waals surface area contributed by atoms with Gasteiger partial charge in [0.1, 0.15) is 13.2 Å². The molecule has 0 aliphatic rings. The van der Waals surface area contributed by atoms with Crippen LogP contribution in [-0.4, -0.2) is 68.5 Å². The van der Waals surface area contributed by atoms with Crippen molar-refractivity contribution in [3.63, 3.8) is 0 Å². The summed E-state index contributed by atoms with van der Waals surface area (Å²) >= 11 is 0. The van der Waals surface area contributed by atoms with Gasteiger partial charge in [0, 0.05) is 6.42 Å². The van der Waals surface area contributed by atoms with Crippen LogP contribution in [0.4, 0.5) is 0 Å². The highest BCUT2D eigenvalue weighted by atomic mass is 31.2. The van der Waals surface area contributed by atoms with Crippen molar-refractivity contribution in [3.8, 4) is 0 Å². The molecule has 0 aromatic rings. The van der Waals surface area contributed by atoms with E-state index >= 15 is 0 Å². The molecular weight excluding hydrogens is 792 g/mol.